The highest BCUT2D eigenvalue weighted by atomic mass is 35.7. The van der Waals surface area contributed by atoms with Gasteiger partial charge in [-0.3, -0.25) is 9.59 Å². The SMILES string of the molecule is CC[C@H]1OC(=O)[C@H](C)[C@@H](O[C@H]2C[C@@](C)(OC)[C@@H](O)[C@H](C)O2)[C@H](C)[C@@H](O[C@@H]2O[C@H](C)C[C@H](N(C)C)[C@H]2O)[C@](C)(O)C[C@@H](C)CN(C(=O)CCCCCCCc2cc(C)ccc2P(Cl)c2ccccc2)[C@H](C)[C@@H](O)[C@]1(C)O. The fourth-order valence-corrected chi connectivity index (χ4v) is 14.1. The normalized spacial score (nSPS) is 38.1. The van der Waals surface area contributed by atoms with Gasteiger partial charge in [0.05, 0.1) is 54.9 Å². The van der Waals surface area contributed by atoms with Gasteiger partial charge in [-0.2, -0.15) is 0 Å². The van der Waals surface area contributed by atoms with E-state index in [1.165, 1.54) is 30.5 Å². The van der Waals surface area contributed by atoms with Crippen LogP contribution in [0.2, 0.25) is 0 Å². The van der Waals surface area contributed by atoms with Crippen molar-refractivity contribution in [2.24, 2.45) is 17.8 Å². The highest BCUT2D eigenvalue weighted by Crippen LogP contribution is 2.42. The molecule has 1 amide bonds. The largest absolute Gasteiger partial charge is 0.459 e. The zero-order valence-electron chi connectivity index (χ0n) is 47.5. The molecule has 0 saturated carbocycles. The number of rotatable bonds is 17. The van der Waals surface area contributed by atoms with Gasteiger partial charge in [0.2, 0.25) is 5.91 Å². The Labute approximate surface area is 454 Å². The molecular formula is C58H94ClN2O13P. The van der Waals surface area contributed by atoms with Crippen molar-refractivity contribution in [3.63, 3.8) is 0 Å². The minimum atomic E-state index is -2.01. The summed E-state index contributed by atoms with van der Waals surface area (Å²) in [7, 11) is 4.25. The Kier molecular flexibility index (Phi) is 23.4. The van der Waals surface area contributed by atoms with Crippen LogP contribution in [0.25, 0.3) is 0 Å². The molecule has 17 heteroatoms. The number of methoxy groups -OCH3 is 1. The lowest BCUT2D eigenvalue weighted by molar-refractivity contribution is -0.318. The molecule has 0 radical (unpaired) electrons. The number of ether oxygens (including phenoxy) is 6. The topological polar surface area (TPSA) is 197 Å². The van der Waals surface area contributed by atoms with Crippen molar-refractivity contribution in [1.29, 1.82) is 0 Å². The van der Waals surface area contributed by atoms with Gasteiger partial charge in [0.15, 0.2) is 12.6 Å². The van der Waals surface area contributed by atoms with Crippen molar-refractivity contribution >= 4 is 41.0 Å². The van der Waals surface area contributed by atoms with Crippen molar-refractivity contribution in [3.8, 4) is 0 Å². The number of carbonyl (C=O) groups is 2. The van der Waals surface area contributed by atoms with Gasteiger partial charge in [-0.15, -0.1) is 0 Å². The number of halogens is 1. The molecule has 0 bridgehead atoms. The van der Waals surface area contributed by atoms with Crippen LogP contribution in [0.15, 0.2) is 48.5 Å². The summed E-state index contributed by atoms with van der Waals surface area (Å²) in [6, 6.07) is 15.5. The highest BCUT2D eigenvalue weighted by molar-refractivity contribution is 7.95. The summed E-state index contributed by atoms with van der Waals surface area (Å²) in [6.45, 7) is 19.4. The number of cyclic esters (lactones) is 1. The predicted molar refractivity (Wildman–Crippen MR) is 294 cm³/mol. The maximum absolute atomic E-state index is 14.6. The second-order valence-electron chi connectivity index (χ2n) is 23.3. The molecule has 2 aromatic rings. The van der Waals surface area contributed by atoms with Crippen molar-refractivity contribution in [2.45, 2.75) is 237 Å². The van der Waals surface area contributed by atoms with Gasteiger partial charge in [0, 0.05) is 38.5 Å². The summed E-state index contributed by atoms with van der Waals surface area (Å²) >= 11 is 7.07. The Balaban J connectivity index is 1.41. The Morgan fingerprint density at radius 1 is 0.893 bits per heavy atom. The number of hydrogen-bond donors (Lipinski definition) is 5. The Morgan fingerprint density at radius 3 is 2.19 bits per heavy atom. The van der Waals surface area contributed by atoms with E-state index in [0.29, 0.717) is 12.8 Å². The molecular weight excluding hydrogens is 999 g/mol. The third kappa shape index (κ3) is 15.9. The summed E-state index contributed by atoms with van der Waals surface area (Å²) in [5.41, 5.74) is -2.34. The fourth-order valence-electron chi connectivity index (χ4n) is 11.9. The van der Waals surface area contributed by atoms with Crippen LogP contribution in [-0.4, -0.2) is 165 Å². The average Bonchev–Trinajstić information content (AvgIpc) is 3.36. The second-order valence-corrected chi connectivity index (χ2v) is 25.9. The number of hydrogen-bond acceptors (Lipinski definition) is 14. The summed E-state index contributed by atoms with van der Waals surface area (Å²) in [5.74, 6) is -3.31. The van der Waals surface area contributed by atoms with Gasteiger partial charge in [0.25, 0.3) is 0 Å². The molecule has 3 fully saturated rings. The number of aliphatic hydroxyl groups is 5. The number of unbranched alkanes of at least 4 members (excludes halogenated alkanes) is 4. The number of nitrogens with zero attached hydrogens (tertiary/aromatic N) is 2. The van der Waals surface area contributed by atoms with E-state index in [2.05, 4.69) is 37.3 Å². The minimum absolute atomic E-state index is 0.0636. The maximum Gasteiger partial charge on any atom is 0.311 e. The third-order valence-corrected chi connectivity index (χ3v) is 19.2. The lowest BCUT2D eigenvalue weighted by Crippen LogP contribution is -2.60. The first kappa shape index (κ1) is 63.5. The number of amides is 1. The molecule has 5 N–H and O–H groups in total. The monoisotopic (exact) mass is 1090 g/mol. The first-order chi connectivity index (χ1) is 35.2. The lowest BCUT2D eigenvalue weighted by atomic mass is 9.77. The lowest BCUT2D eigenvalue weighted by Gasteiger charge is -2.48. The molecule has 0 spiro atoms. The van der Waals surface area contributed by atoms with Gasteiger partial charge < -0.3 is 63.8 Å². The molecule has 426 valence electrons. The number of benzene rings is 2. The second kappa shape index (κ2) is 27.7. The minimum Gasteiger partial charge on any atom is -0.459 e. The predicted octanol–water partition coefficient (Wildman–Crippen LogP) is 7.28. The van der Waals surface area contributed by atoms with Gasteiger partial charge in [-0.05, 0) is 130 Å². The van der Waals surface area contributed by atoms with Crippen LogP contribution in [0.4, 0.5) is 0 Å². The van der Waals surface area contributed by atoms with Crippen LogP contribution in [-0.2, 0) is 44.4 Å². The van der Waals surface area contributed by atoms with E-state index in [-0.39, 0.29) is 50.3 Å². The van der Waals surface area contributed by atoms with E-state index in [4.69, 9.17) is 39.7 Å². The Morgan fingerprint density at radius 2 is 1.55 bits per heavy atom. The van der Waals surface area contributed by atoms with E-state index < -0.39 is 109 Å². The number of aliphatic hydroxyl groups excluding tert-OH is 3. The Hall–Kier alpha value is -2.34. The smallest absolute Gasteiger partial charge is 0.311 e. The summed E-state index contributed by atoms with van der Waals surface area (Å²) < 4.78 is 38.2. The van der Waals surface area contributed by atoms with Crippen molar-refractivity contribution in [2.75, 3.05) is 27.7 Å². The highest BCUT2D eigenvalue weighted by Gasteiger charge is 2.53. The summed E-state index contributed by atoms with van der Waals surface area (Å²) in [4.78, 5) is 32.7. The average molecular weight is 1090 g/mol. The Bertz CT molecular complexity index is 2100. The number of likely N-dealkylation sites (N-methyl/N-ethyl adjacent to an activating group) is 1. The molecule has 1 unspecified atom stereocenters. The van der Waals surface area contributed by atoms with E-state index in [0.717, 1.165) is 37.4 Å². The molecule has 15 nitrogen and oxygen atoms in total. The van der Waals surface area contributed by atoms with Crippen molar-refractivity contribution in [1.82, 2.24) is 9.80 Å². The molecule has 3 heterocycles. The molecule has 0 aromatic heterocycles. The van der Waals surface area contributed by atoms with Crippen LogP contribution in [0.1, 0.15) is 145 Å². The van der Waals surface area contributed by atoms with Crippen LogP contribution in [0.3, 0.4) is 0 Å². The summed E-state index contributed by atoms with van der Waals surface area (Å²) in [6.07, 6.45) is -4.14. The molecule has 19 atom stereocenters. The first-order valence-corrected chi connectivity index (χ1v) is 29.8. The first-order valence-electron chi connectivity index (χ1n) is 27.6. The van der Waals surface area contributed by atoms with Gasteiger partial charge in [0.1, 0.15) is 30.0 Å². The number of esters is 1. The maximum atomic E-state index is 14.6. The van der Waals surface area contributed by atoms with Crippen LogP contribution < -0.4 is 10.6 Å². The van der Waals surface area contributed by atoms with Crippen LogP contribution in [0, 0.1) is 24.7 Å². The van der Waals surface area contributed by atoms with E-state index in [9.17, 15) is 35.1 Å². The molecule has 3 aliphatic rings. The van der Waals surface area contributed by atoms with Crippen LogP contribution in [0.5, 0.6) is 0 Å². The number of carbonyl (C=O) groups excluding carboxylic acids is 2. The van der Waals surface area contributed by atoms with Crippen molar-refractivity contribution < 1.29 is 63.5 Å². The quantitative estimate of drug-likeness (QED) is 0.0602. The number of aryl methyl sites for hydroxylation is 2. The molecule has 75 heavy (non-hydrogen) atoms. The fraction of sp³-hybridized carbons (Fsp3) is 0.759. The van der Waals surface area contributed by atoms with Crippen LogP contribution >= 0.6 is 18.5 Å². The van der Waals surface area contributed by atoms with Crippen molar-refractivity contribution in [3.05, 3.63) is 59.7 Å². The van der Waals surface area contributed by atoms with Gasteiger partial charge >= 0.3 is 5.97 Å². The molecule has 0 aliphatic carbocycles. The zero-order valence-corrected chi connectivity index (χ0v) is 49.1. The van der Waals surface area contributed by atoms with E-state index in [1.54, 1.807) is 53.4 Å². The molecule has 2 aromatic carbocycles. The zero-order chi connectivity index (χ0) is 55.7. The standard InChI is InChI=1S/C58H94ClN2O13P/c1-15-46-58(11,68)51(64)40(7)61(47(62)27-23-18-16-17-20-24-42-30-35(2)28-29-45(42)75(59)43-25-21-19-22-26-43)34-36(3)32-56(9,67)53(74-55-49(63)44(60(12)13)31-37(4)70-55)38(5)50(39(6)54(66)72-46)73-48-33-57(10,69-14)52(65)41(8)71-48/h19,21-22,25-26,28-30,36-41,44,46,48-53,55,63-65,67-68H,15-18,20,23-24,27,31-34H2,1-14H3/t36-,37-,38+,39-,40-,41+,44+,46-,48+,49-,50+,51-,52+,53-,55+,56-,57-,58-,75?/m1/s1. The molecule has 5 rings (SSSR count). The summed E-state index contributed by atoms with van der Waals surface area (Å²) in [5, 5.41) is 62.6. The third-order valence-electron chi connectivity index (χ3n) is 16.5. The molecule has 3 saturated heterocycles. The van der Waals surface area contributed by atoms with Gasteiger partial charge in [-0.1, -0.05) is 105 Å². The van der Waals surface area contributed by atoms with Gasteiger partial charge in [-0.25, -0.2) is 0 Å². The molecule has 3 aliphatic heterocycles. The van der Waals surface area contributed by atoms with E-state index >= 15 is 0 Å². The van der Waals surface area contributed by atoms with E-state index in [1.807, 2.05) is 51.0 Å².